The molecular formula is C18H16N2O4. The van der Waals surface area contributed by atoms with E-state index in [0.29, 0.717) is 5.69 Å². The Kier molecular flexibility index (Phi) is 4.04. The molecule has 0 radical (unpaired) electrons. The molecule has 0 spiro atoms. The molecule has 6 nitrogen and oxygen atoms in total. The summed E-state index contributed by atoms with van der Waals surface area (Å²) >= 11 is 0. The molecule has 2 N–H and O–H groups in total. The predicted octanol–water partition coefficient (Wildman–Crippen LogP) is 1.82. The second kappa shape index (κ2) is 6.16. The summed E-state index contributed by atoms with van der Waals surface area (Å²) in [6, 6.07) is 12.2. The number of aryl methyl sites for hydroxylation is 1. The van der Waals surface area contributed by atoms with E-state index in [-0.39, 0.29) is 30.5 Å². The van der Waals surface area contributed by atoms with Gasteiger partial charge < -0.3 is 15.3 Å². The fourth-order valence-electron chi connectivity index (χ4n) is 2.75. The molecule has 2 aromatic carbocycles. The van der Waals surface area contributed by atoms with Crippen LogP contribution in [-0.4, -0.2) is 36.0 Å². The highest BCUT2D eigenvalue weighted by atomic mass is 16.4. The van der Waals surface area contributed by atoms with Crippen LogP contribution in [0.4, 0.5) is 5.69 Å². The zero-order chi connectivity index (χ0) is 17.3. The van der Waals surface area contributed by atoms with Crippen molar-refractivity contribution >= 4 is 23.5 Å². The molecule has 2 aromatic rings. The molecule has 3 rings (SSSR count). The lowest BCUT2D eigenvalue weighted by Gasteiger charge is -2.28. The van der Waals surface area contributed by atoms with Gasteiger partial charge in [0.1, 0.15) is 6.54 Å². The lowest BCUT2D eigenvalue weighted by molar-refractivity contribution is -0.128. The molecule has 0 unspecified atom stereocenters. The van der Waals surface area contributed by atoms with Crippen molar-refractivity contribution in [1.82, 2.24) is 5.32 Å². The summed E-state index contributed by atoms with van der Waals surface area (Å²) in [4.78, 5) is 36.1. The fraction of sp³-hybridized carbons (Fsp3) is 0.167. The summed E-state index contributed by atoms with van der Waals surface area (Å²) in [6.45, 7) is 1.87. The Balaban J connectivity index is 1.95. The third kappa shape index (κ3) is 2.99. The van der Waals surface area contributed by atoms with Crippen LogP contribution in [0.3, 0.4) is 0 Å². The highest BCUT2D eigenvalue weighted by molar-refractivity contribution is 6.05. The Morgan fingerprint density at radius 3 is 2.58 bits per heavy atom. The average molecular weight is 324 g/mol. The number of amides is 2. The van der Waals surface area contributed by atoms with Crippen molar-refractivity contribution in [2.24, 2.45) is 0 Å². The van der Waals surface area contributed by atoms with Crippen molar-refractivity contribution in [3.63, 3.8) is 0 Å². The largest absolute Gasteiger partial charge is 0.478 e. The van der Waals surface area contributed by atoms with E-state index < -0.39 is 5.97 Å². The van der Waals surface area contributed by atoms with Crippen LogP contribution in [0, 0.1) is 6.92 Å². The molecule has 6 heteroatoms. The molecule has 24 heavy (non-hydrogen) atoms. The van der Waals surface area contributed by atoms with Gasteiger partial charge in [0.05, 0.1) is 12.1 Å². The van der Waals surface area contributed by atoms with Gasteiger partial charge in [-0.3, -0.25) is 9.59 Å². The third-order valence-corrected chi connectivity index (χ3v) is 3.97. The molecule has 1 aliphatic heterocycles. The lowest BCUT2D eigenvalue weighted by Crippen LogP contribution is -2.51. The van der Waals surface area contributed by atoms with Gasteiger partial charge in [-0.25, -0.2) is 4.79 Å². The number of aromatic carboxylic acids is 1. The van der Waals surface area contributed by atoms with Crippen LogP contribution < -0.4 is 10.2 Å². The Hall–Kier alpha value is -3.15. The van der Waals surface area contributed by atoms with Gasteiger partial charge in [-0.15, -0.1) is 0 Å². The minimum atomic E-state index is -0.977. The molecule has 122 valence electrons. The number of benzene rings is 2. The number of hydrogen-bond acceptors (Lipinski definition) is 3. The summed E-state index contributed by atoms with van der Waals surface area (Å²) in [5, 5.41) is 11.6. The quantitative estimate of drug-likeness (QED) is 0.902. The summed E-state index contributed by atoms with van der Waals surface area (Å²) in [7, 11) is 0. The van der Waals surface area contributed by atoms with E-state index in [1.165, 1.54) is 11.0 Å². The maximum absolute atomic E-state index is 12.0. The summed E-state index contributed by atoms with van der Waals surface area (Å²) < 4.78 is 0. The number of anilines is 1. The summed E-state index contributed by atoms with van der Waals surface area (Å²) in [6.07, 6.45) is 0. The van der Waals surface area contributed by atoms with Crippen LogP contribution in [0.2, 0.25) is 0 Å². The number of nitrogens with zero attached hydrogens (tertiary/aromatic N) is 1. The van der Waals surface area contributed by atoms with Gasteiger partial charge in [0.15, 0.2) is 0 Å². The number of carbonyl (C=O) groups is 3. The van der Waals surface area contributed by atoms with Gasteiger partial charge in [0, 0.05) is 5.69 Å². The molecule has 1 saturated heterocycles. The van der Waals surface area contributed by atoms with Crippen LogP contribution in [0.25, 0.3) is 11.1 Å². The number of carboxylic acid groups (broad SMARTS) is 1. The first-order valence-corrected chi connectivity index (χ1v) is 7.47. The highest BCUT2D eigenvalue weighted by Gasteiger charge is 2.25. The van der Waals surface area contributed by atoms with Gasteiger partial charge in [-0.05, 0) is 47.9 Å². The number of nitrogens with one attached hydrogen (secondary N) is 1. The molecule has 0 atom stereocenters. The second-order valence-corrected chi connectivity index (χ2v) is 5.64. The SMILES string of the molecule is Cc1cc(-c2cccc(C(=O)O)c2)ccc1N1CC(=O)NCC1=O. The lowest BCUT2D eigenvalue weighted by atomic mass is 10.00. The normalized spacial score (nSPS) is 14.5. The molecule has 0 bridgehead atoms. The zero-order valence-corrected chi connectivity index (χ0v) is 13.1. The second-order valence-electron chi connectivity index (χ2n) is 5.64. The van der Waals surface area contributed by atoms with E-state index in [4.69, 9.17) is 5.11 Å². The molecule has 1 aliphatic rings. The Morgan fingerprint density at radius 2 is 1.88 bits per heavy atom. The van der Waals surface area contributed by atoms with Gasteiger partial charge in [-0.1, -0.05) is 18.2 Å². The number of hydrogen-bond donors (Lipinski definition) is 2. The molecular weight excluding hydrogens is 308 g/mol. The van der Waals surface area contributed by atoms with E-state index in [1.54, 1.807) is 18.2 Å². The maximum atomic E-state index is 12.0. The van der Waals surface area contributed by atoms with E-state index in [0.717, 1.165) is 16.7 Å². The van der Waals surface area contributed by atoms with Gasteiger partial charge in [0.25, 0.3) is 0 Å². The average Bonchev–Trinajstić information content (AvgIpc) is 2.57. The van der Waals surface area contributed by atoms with Gasteiger partial charge in [-0.2, -0.15) is 0 Å². The first-order valence-electron chi connectivity index (χ1n) is 7.47. The van der Waals surface area contributed by atoms with Crippen molar-refractivity contribution in [1.29, 1.82) is 0 Å². The number of piperazine rings is 1. The van der Waals surface area contributed by atoms with Crippen LogP contribution in [-0.2, 0) is 9.59 Å². The zero-order valence-electron chi connectivity index (χ0n) is 13.1. The van der Waals surface area contributed by atoms with Crippen molar-refractivity contribution in [2.75, 3.05) is 18.0 Å². The van der Waals surface area contributed by atoms with Crippen LogP contribution in [0.5, 0.6) is 0 Å². The first kappa shape index (κ1) is 15.7. The predicted molar refractivity (Wildman–Crippen MR) is 88.9 cm³/mol. The summed E-state index contributed by atoms with van der Waals surface area (Å²) in [5.74, 6) is -1.32. The van der Waals surface area contributed by atoms with E-state index in [9.17, 15) is 14.4 Å². The number of carboxylic acids is 1. The Labute approximate surface area is 138 Å². The molecule has 0 saturated carbocycles. The molecule has 1 fully saturated rings. The maximum Gasteiger partial charge on any atom is 0.335 e. The van der Waals surface area contributed by atoms with Gasteiger partial charge in [0.2, 0.25) is 11.8 Å². The standard InChI is InChI=1S/C18H16N2O4/c1-11-7-13(12-3-2-4-14(8-12)18(23)24)5-6-15(11)20-10-16(21)19-9-17(20)22/h2-8H,9-10H2,1H3,(H,19,21)(H,23,24). The van der Waals surface area contributed by atoms with Crippen LogP contribution >= 0.6 is 0 Å². The van der Waals surface area contributed by atoms with Crippen LogP contribution in [0.1, 0.15) is 15.9 Å². The van der Waals surface area contributed by atoms with Gasteiger partial charge >= 0.3 is 5.97 Å². The van der Waals surface area contributed by atoms with Crippen LogP contribution in [0.15, 0.2) is 42.5 Å². The summed E-state index contributed by atoms with van der Waals surface area (Å²) in [5.41, 5.74) is 3.39. The monoisotopic (exact) mass is 324 g/mol. The fourth-order valence-corrected chi connectivity index (χ4v) is 2.75. The minimum Gasteiger partial charge on any atom is -0.478 e. The number of rotatable bonds is 3. The smallest absolute Gasteiger partial charge is 0.335 e. The number of carbonyl (C=O) groups excluding carboxylic acids is 2. The molecule has 1 heterocycles. The molecule has 2 amide bonds. The van der Waals surface area contributed by atoms with Crippen molar-refractivity contribution < 1.29 is 19.5 Å². The van der Waals surface area contributed by atoms with E-state index in [2.05, 4.69) is 5.32 Å². The highest BCUT2D eigenvalue weighted by Crippen LogP contribution is 2.28. The molecule has 0 aliphatic carbocycles. The molecule has 0 aromatic heterocycles. The van der Waals surface area contributed by atoms with Crippen molar-refractivity contribution in [2.45, 2.75) is 6.92 Å². The third-order valence-electron chi connectivity index (χ3n) is 3.97. The van der Waals surface area contributed by atoms with Crippen molar-refractivity contribution in [3.05, 3.63) is 53.6 Å². The minimum absolute atomic E-state index is 0.000676. The first-order chi connectivity index (χ1) is 11.5. The topological polar surface area (TPSA) is 86.7 Å². The van der Waals surface area contributed by atoms with E-state index >= 15 is 0 Å². The van der Waals surface area contributed by atoms with Crippen molar-refractivity contribution in [3.8, 4) is 11.1 Å². The Bertz CT molecular complexity index is 845. The Morgan fingerprint density at radius 1 is 1.12 bits per heavy atom. The van der Waals surface area contributed by atoms with E-state index in [1.807, 2.05) is 25.1 Å².